The lowest BCUT2D eigenvalue weighted by Gasteiger charge is -2.59. The monoisotopic (exact) mass is 351 g/mol. The Bertz CT molecular complexity index is 521. The average Bonchev–Trinajstić information content (AvgIpc) is 2.40. The second kappa shape index (κ2) is 4.97. The zero-order chi connectivity index (χ0) is 14.6. The van der Waals surface area contributed by atoms with Gasteiger partial charge in [-0.05, 0) is 86.8 Å². The van der Waals surface area contributed by atoms with Crippen LogP contribution < -0.4 is 5.32 Å². The van der Waals surface area contributed by atoms with Crippen LogP contribution in [0.3, 0.4) is 0 Å². The van der Waals surface area contributed by atoms with Crippen molar-refractivity contribution in [3.63, 3.8) is 0 Å². The van der Waals surface area contributed by atoms with Crippen LogP contribution in [0.1, 0.15) is 45.4 Å². The zero-order valence-electron chi connectivity index (χ0n) is 12.5. The van der Waals surface area contributed by atoms with Gasteiger partial charge in [-0.25, -0.2) is 4.39 Å². The molecule has 21 heavy (non-hydrogen) atoms. The molecule has 0 heterocycles. The maximum atomic E-state index is 14.1. The maximum Gasteiger partial charge on any atom is 0.147 e. The number of hydrogen-bond acceptors (Lipinski definition) is 1. The Hall–Kier alpha value is -0.570. The van der Waals surface area contributed by atoms with E-state index in [0.717, 1.165) is 22.2 Å². The first-order valence-corrected chi connectivity index (χ1v) is 9.05. The van der Waals surface area contributed by atoms with Crippen LogP contribution in [0.5, 0.6) is 0 Å². The van der Waals surface area contributed by atoms with Gasteiger partial charge in [0.15, 0.2) is 0 Å². The summed E-state index contributed by atoms with van der Waals surface area (Å²) in [5, 5.41) is 3.50. The fraction of sp³-hybridized carbons (Fsp3) is 0.667. The van der Waals surface area contributed by atoms with E-state index in [9.17, 15) is 4.39 Å². The van der Waals surface area contributed by atoms with E-state index in [1.165, 1.54) is 38.5 Å². The number of anilines is 1. The summed E-state index contributed by atoms with van der Waals surface area (Å²) in [7, 11) is 0. The van der Waals surface area contributed by atoms with Crippen molar-refractivity contribution >= 4 is 21.6 Å². The Labute approximate surface area is 134 Å². The number of nitrogens with one attached hydrogen (secondary N) is 1. The molecule has 0 saturated heterocycles. The van der Waals surface area contributed by atoms with Crippen molar-refractivity contribution < 1.29 is 4.39 Å². The number of hydrogen-bond donors (Lipinski definition) is 1. The molecule has 1 aromatic carbocycles. The van der Waals surface area contributed by atoms with Crippen molar-refractivity contribution in [2.24, 2.45) is 23.2 Å². The van der Waals surface area contributed by atoms with E-state index >= 15 is 0 Å². The van der Waals surface area contributed by atoms with Crippen molar-refractivity contribution in [1.82, 2.24) is 0 Å². The lowest BCUT2D eigenvalue weighted by atomic mass is 9.48. The SMILES string of the molecule is CC(Nc1ccc(Br)cc1F)C12CC3CC(CC(C3)C1)C2. The van der Waals surface area contributed by atoms with E-state index in [2.05, 4.69) is 28.2 Å². The Morgan fingerprint density at radius 3 is 2.24 bits per heavy atom. The molecule has 1 nitrogen and oxygen atoms in total. The van der Waals surface area contributed by atoms with Gasteiger partial charge in [-0.1, -0.05) is 15.9 Å². The standard InChI is InChI=1S/C18H23BrFN/c1-11(21-17-3-2-15(19)7-16(17)20)18-8-12-4-13(9-18)6-14(5-12)10-18/h2-3,7,11-14,21H,4-6,8-10H2,1H3. The first-order valence-electron chi connectivity index (χ1n) is 8.26. The van der Waals surface area contributed by atoms with Gasteiger partial charge < -0.3 is 5.32 Å². The molecule has 0 spiro atoms. The van der Waals surface area contributed by atoms with Gasteiger partial charge in [0.25, 0.3) is 0 Å². The van der Waals surface area contributed by atoms with Gasteiger partial charge >= 0.3 is 0 Å². The molecule has 4 aliphatic rings. The van der Waals surface area contributed by atoms with Gasteiger partial charge in [-0.2, -0.15) is 0 Å². The van der Waals surface area contributed by atoms with Gasteiger partial charge in [-0.15, -0.1) is 0 Å². The van der Waals surface area contributed by atoms with Crippen LogP contribution in [0.25, 0.3) is 0 Å². The summed E-state index contributed by atoms with van der Waals surface area (Å²) in [6.45, 7) is 2.27. The molecule has 1 unspecified atom stereocenters. The quantitative estimate of drug-likeness (QED) is 0.746. The summed E-state index contributed by atoms with van der Waals surface area (Å²) in [5.41, 5.74) is 1.07. The van der Waals surface area contributed by atoms with Crippen molar-refractivity contribution in [2.45, 2.75) is 51.5 Å². The largest absolute Gasteiger partial charge is 0.380 e. The van der Waals surface area contributed by atoms with Gasteiger partial charge in [-0.3, -0.25) is 0 Å². The van der Waals surface area contributed by atoms with E-state index in [4.69, 9.17) is 0 Å². The summed E-state index contributed by atoms with van der Waals surface area (Å²) < 4.78 is 14.9. The first-order chi connectivity index (χ1) is 10.0. The van der Waals surface area contributed by atoms with Crippen molar-refractivity contribution in [3.8, 4) is 0 Å². The lowest BCUT2D eigenvalue weighted by Crippen LogP contribution is -2.52. The highest BCUT2D eigenvalue weighted by Crippen LogP contribution is 2.61. The van der Waals surface area contributed by atoms with Crippen LogP contribution in [-0.4, -0.2) is 6.04 Å². The molecule has 1 aromatic rings. The van der Waals surface area contributed by atoms with Crippen LogP contribution in [0.2, 0.25) is 0 Å². The number of rotatable bonds is 3. The van der Waals surface area contributed by atoms with Crippen LogP contribution in [0, 0.1) is 29.0 Å². The molecule has 4 bridgehead atoms. The van der Waals surface area contributed by atoms with Gasteiger partial charge in [0, 0.05) is 10.5 Å². The molecule has 0 aliphatic heterocycles. The van der Waals surface area contributed by atoms with Gasteiger partial charge in [0.2, 0.25) is 0 Å². The maximum absolute atomic E-state index is 14.1. The molecule has 0 amide bonds. The Morgan fingerprint density at radius 1 is 1.14 bits per heavy atom. The molecule has 0 radical (unpaired) electrons. The first kappa shape index (κ1) is 14.0. The Morgan fingerprint density at radius 2 is 1.71 bits per heavy atom. The normalized spacial score (nSPS) is 38.5. The molecule has 114 valence electrons. The van der Waals surface area contributed by atoms with E-state index < -0.39 is 0 Å². The molecule has 1 atom stereocenters. The highest BCUT2D eigenvalue weighted by atomic mass is 79.9. The van der Waals surface area contributed by atoms with Crippen LogP contribution >= 0.6 is 15.9 Å². The highest BCUT2D eigenvalue weighted by molar-refractivity contribution is 9.10. The third kappa shape index (κ3) is 2.42. The summed E-state index contributed by atoms with van der Waals surface area (Å²) in [6.07, 6.45) is 8.43. The number of benzene rings is 1. The van der Waals surface area contributed by atoms with E-state index in [1.54, 1.807) is 6.07 Å². The predicted molar refractivity (Wildman–Crippen MR) is 87.8 cm³/mol. The van der Waals surface area contributed by atoms with Crippen molar-refractivity contribution in [1.29, 1.82) is 0 Å². The predicted octanol–water partition coefficient (Wildman–Crippen LogP) is 5.61. The lowest BCUT2D eigenvalue weighted by molar-refractivity contribution is -0.0602. The number of halogens is 2. The minimum absolute atomic E-state index is 0.152. The van der Waals surface area contributed by atoms with Crippen LogP contribution in [0.15, 0.2) is 22.7 Å². The highest BCUT2D eigenvalue weighted by Gasteiger charge is 2.53. The smallest absolute Gasteiger partial charge is 0.147 e. The summed E-state index contributed by atoms with van der Waals surface area (Å²) in [6, 6.07) is 5.68. The molecule has 0 aromatic heterocycles. The second-order valence-electron chi connectivity index (χ2n) is 7.77. The van der Waals surface area contributed by atoms with Crippen LogP contribution in [-0.2, 0) is 0 Å². The average molecular weight is 352 g/mol. The van der Waals surface area contributed by atoms with Gasteiger partial charge in [0.1, 0.15) is 5.82 Å². The van der Waals surface area contributed by atoms with Crippen molar-refractivity contribution in [2.75, 3.05) is 5.32 Å². The van der Waals surface area contributed by atoms with E-state index in [-0.39, 0.29) is 5.82 Å². The molecule has 5 rings (SSSR count). The van der Waals surface area contributed by atoms with Gasteiger partial charge in [0.05, 0.1) is 5.69 Å². The van der Waals surface area contributed by atoms with E-state index in [0.29, 0.717) is 17.1 Å². The third-order valence-corrected chi connectivity index (χ3v) is 6.80. The molecular weight excluding hydrogens is 329 g/mol. The van der Waals surface area contributed by atoms with Crippen LogP contribution in [0.4, 0.5) is 10.1 Å². The molecule has 3 heteroatoms. The third-order valence-electron chi connectivity index (χ3n) is 6.31. The molecular formula is C18H23BrFN. The second-order valence-corrected chi connectivity index (χ2v) is 8.69. The minimum atomic E-state index is -0.152. The molecule has 4 aliphatic carbocycles. The Kier molecular flexibility index (Phi) is 3.33. The molecule has 1 N–H and O–H groups in total. The summed E-state index contributed by atoms with van der Waals surface area (Å²) >= 11 is 3.33. The van der Waals surface area contributed by atoms with E-state index in [1.807, 2.05) is 12.1 Å². The zero-order valence-corrected chi connectivity index (χ0v) is 14.1. The summed E-state index contributed by atoms with van der Waals surface area (Å²) in [5.74, 6) is 2.67. The minimum Gasteiger partial charge on any atom is -0.380 e. The Balaban J connectivity index is 1.56. The summed E-state index contributed by atoms with van der Waals surface area (Å²) in [4.78, 5) is 0. The molecule has 4 fully saturated rings. The topological polar surface area (TPSA) is 12.0 Å². The fourth-order valence-corrected chi connectivity index (χ4v) is 6.03. The fourth-order valence-electron chi connectivity index (χ4n) is 5.70. The molecule has 4 saturated carbocycles. The van der Waals surface area contributed by atoms with Crippen molar-refractivity contribution in [3.05, 3.63) is 28.5 Å².